The summed E-state index contributed by atoms with van der Waals surface area (Å²) < 4.78 is 33.1. The Labute approximate surface area is 171 Å². The van der Waals surface area contributed by atoms with Gasteiger partial charge in [-0.25, -0.2) is 23.5 Å². The highest BCUT2D eigenvalue weighted by molar-refractivity contribution is 7.92. The van der Waals surface area contributed by atoms with Crippen LogP contribution in [0.3, 0.4) is 0 Å². The molecule has 1 atom stereocenters. The van der Waals surface area contributed by atoms with Gasteiger partial charge in [0.25, 0.3) is 15.9 Å². The minimum atomic E-state index is -3.88. The van der Waals surface area contributed by atoms with Crippen LogP contribution >= 0.6 is 0 Å². The van der Waals surface area contributed by atoms with Gasteiger partial charge in [0.15, 0.2) is 6.29 Å². The molecule has 4 N–H and O–H groups in total. The Kier molecular flexibility index (Phi) is 5.57. The van der Waals surface area contributed by atoms with Crippen LogP contribution in [-0.4, -0.2) is 37.2 Å². The van der Waals surface area contributed by atoms with Crippen molar-refractivity contribution in [1.29, 1.82) is 0 Å². The Hall–Kier alpha value is -3.15. The molecule has 1 amide bonds. The van der Waals surface area contributed by atoms with E-state index < -0.39 is 27.9 Å². The zero-order valence-electron chi connectivity index (χ0n) is 15.8. The molecule has 0 aliphatic carbocycles. The number of nitrogens with one attached hydrogen (secondary N) is 4. The number of rotatable bonds is 6. The molecule has 2 aromatic carbocycles. The first-order valence-corrected chi connectivity index (χ1v) is 10.8. The van der Waals surface area contributed by atoms with Crippen LogP contribution in [0.25, 0.3) is 11.0 Å². The number of benzene rings is 2. The number of carbonyl (C=O) groups excluding carboxylic acids is 1. The van der Waals surface area contributed by atoms with Crippen LogP contribution in [0.2, 0.25) is 0 Å². The number of fused-ring (bicyclic) bond motifs is 1. The number of H-pyrrole nitrogens is 2. The molecule has 11 heteroatoms. The van der Waals surface area contributed by atoms with E-state index in [0.29, 0.717) is 29.6 Å². The molecule has 0 spiro atoms. The molecule has 0 bridgehead atoms. The highest BCUT2D eigenvalue weighted by Crippen LogP contribution is 2.19. The molecule has 158 valence electrons. The molecular formula is C19H20N4O6S. The predicted octanol–water partition coefficient (Wildman–Crippen LogP) is 1.84. The van der Waals surface area contributed by atoms with Crippen molar-refractivity contribution in [2.24, 2.45) is 0 Å². The Morgan fingerprint density at radius 1 is 1.07 bits per heavy atom. The van der Waals surface area contributed by atoms with Gasteiger partial charge in [0.2, 0.25) is 0 Å². The van der Waals surface area contributed by atoms with E-state index in [0.717, 1.165) is 12.8 Å². The lowest BCUT2D eigenvalue weighted by Crippen LogP contribution is -2.33. The van der Waals surface area contributed by atoms with Gasteiger partial charge in [-0.3, -0.25) is 9.52 Å². The molecule has 10 nitrogen and oxygen atoms in total. The highest BCUT2D eigenvalue weighted by atomic mass is 32.2. The number of imidazole rings is 1. The lowest BCUT2D eigenvalue weighted by molar-refractivity contribution is -0.186. The number of hydrogen-bond acceptors (Lipinski definition) is 6. The second kappa shape index (κ2) is 8.30. The summed E-state index contributed by atoms with van der Waals surface area (Å²) in [6, 6.07) is 10.2. The SMILES string of the molecule is O=C(NOC1CCCCO1)c1ccc(NS(=O)(=O)c2ccc3[nH]c(=O)[nH]c3c2)cc1. The smallest absolute Gasteiger partial charge is 0.323 e. The van der Waals surface area contributed by atoms with E-state index in [9.17, 15) is 18.0 Å². The van der Waals surface area contributed by atoms with Crippen LogP contribution in [-0.2, 0) is 19.6 Å². The number of amides is 1. The average molecular weight is 432 g/mol. The molecule has 1 aliphatic heterocycles. The lowest BCUT2D eigenvalue weighted by atomic mass is 10.2. The minimum absolute atomic E-state index is 0.00653. The normalized spacial score (nSPS) is 17.0. The van der Waals surface area contributed by atoms with Crippen molar-refractivity contribution < 1.29 is 22.8 Å². The van der Waals surface area contributed by atoms with E-state index in [4.69, 9.17) is 9.57 Å². The first kappa shape index (κ1) is 20.1. The summed E-state index contributed by atoms with van der Waals surface area (Å²) >= 11 is 0. The summed E-state index contributed by atoms with van der Waals surface area (Å²) in [5, 5.41) is 0. The molecule has 1 aliphatic rings. The highest BCUT2D eigenvalue weighted by Gasteiger charge is 2.18. The number of aromatic nitrogens is 2. The third kappa shape index (κ3) is 4.53. The van der Waals surface area contributed by atoms with Crippen molar-refractivity contribution in [1.82, 2.24) is 15.4 Å². The third-order valence-electron chi connectivity index (χ3n) is 4.62. The number of hydrogen-bond donors (Lipinski definition) is 4. The number of sulfonamides is 1. The van der Waals surface area contributed by atoms with Gasteiger partial charge in [-0.15, -0.1) is 0 Å². The molecule has 1 unspecified atom stereocenters. The van der Waals surface area contributed by atoms with Crippen LogP contribution in [0.1, 0.15) is 29.6 Å². The van der Waals surface area contributed by atoms with E-state index in [1.165, 1.54) is 42.5 Å². The number of ether oxygens (including phenoxy) is 1. The summed E-state index contributed by atoms with van der Waals surface area (Å²) in [5.74, 6) is -0.458. The molecule has 4 rings (SSSR count). The Balaban J connectivity index is 1.41. The Morgan fingerprint density at radius 3 is 2.57 bits per heavy atom. The Morgan fingerprint density at radius 2 is 1.83 bits per heavy atom. The summed E-state index contributed by atoms with van der Waals surface area (Å²) in [6.07, 6.45) is 2.20. The van der Waals surface area contributed by atoms with Crippen LogP contribution in [0.15, 0.2) is 52.2 Å². The number of anilines is 1. The van der Waals surface area contributed by atoms with Gasteiger partial charge < -0.3 is 14.7 Å². The third-order valence-corrected chi connectivity index (χ3v) is 6.00. The zero-order valence-corrected chi connectivity index (χ0v) is 16.6. The van der Waals surface area contributed by atoms with Gasteiger partial charge in [-0.05, 0) is 55.3 Å². The summed E-state index contributed by atoms with van der Waals surface area (Å²) in [4.78, 5) is 33.8. The minimum Gasteiger partial charge on any atom is -0.350 e. The van der Waals surface area contributed by atoms with E-state index in [1.807, 2.05) is 0 Å². The van der Waals surface area contributed by atoms with E-state index in [1.54, 1.807) is 0 Å². The largest absolute Gasteiger partial charge is 0.350 e. The molecule has 0 radical (unpaired) electrons. The van der Waals surface area contributed by atoms with Crippen LogP contribution in [0.5, 0.6) is 0 Å². The summed E-state index contributed by atoms with van der Waals surface area (Å²) in [7, 11) is -3.88. The van der Waals surface area contributed by atoms with E-state index in [2.05, 4.69) is 20.2 Å². The molecule has 30 heavy (non-hydrogen) atoms. The van der Waals surface area contributed by atoms with E-state index in [-0.39, 0.29) is 10.6 Å². The molecular weight excluding hydrogens is 412 g/mol. The second-order valence-corrected chi connectivity index (χ2v) is 8.50. The lowest BCUT2D eigenvalue weighted by Gasteiger charge is -2.22. The van der Waals surface area contributed by atoms with Gasteiger partial charge in [0.1, 0.15) is 0 Å². The molecule has 1 saturated heterocycles. The molecule has 1 aromatic heterocycles. The van der Waals surface area contributed by atoms with Crippen molar-refractivity contribution in [3.05, 3.63) is 58.5 Å². The number of aromatic amines is 2. The van der Waals surface area contributed by atoms with Gasteiger partial charge in [-0.1, -0.05) is 0 Å². The fraction of sp³-hybridized carbons (Fsp3) is 0.263. The predicted molar refractivity (Wildman–Crippen MR) is 108 cm³/mol. The first-order valence-electron chi connectivity index (χ1n) is 9.33. The summed E-state index contributed by atoms with van der Waals surface area (Å²) in [6.45, 7) is 0.600. The molecule has 1 fully saturated rings. The monoisotopic (exact) mass is 432 g/mol. The molecule has 3 aromatic rings. The number of carbonyl (C=O) groups is 1. The van der Waals surface area contributed by atoms with Crippen molar-refractivity contribution in [3.8, 4) is 0 Å². The fourth-order valence-corrected chi connectivity index (χ4v) is 4.15. The number of hydroxylamine groups is 1. The maximum absolute atomic E-state index is 12.6. The van der Waals surface area contributed by atoms with Crippen LogP contribution in [0.4, 0.5) is 5.69 Å². The zero-order chi connectivity index (χ0) is 21.1. The fourth-order valence-electron chi connectivity index (χ4n) is 3.06. The van der Waals surface area contributed by atoms with Crippen molar-refractivity contribution in [2.75, 3.05) is 11.3 Å². The molecule has 0 saturated carbocycles. The average Bonchev–Trinajstić information content (AvgIpc) is 3.12. The quantitative estimate of drug-likeness (QED) is 0.438. The van der Waals surface area contributed by atoms with Crippen LogP contribution in [0, 0.1) is 0 Å². The van der Waals surface area contributed by atoms with Gasteiger partial charge in [-0.2, -0.15) is 0 Å². The molecule has 2 heterocycles. The van der Waals surface area contributed by atoms with Crippen LogP contribution < -0.4 is 15.9 Å². The summed E-state index contributed by atoms with van der Waals surface area (Å²) in [5.41, 5.74) is 3.41. The van der Waals surface area contributed by atoms with Gasteiger partial charge in [0, 0.05) is 24.3 Å². The van der Waals surface area contributed by atoms with Gasteiger partial charge in [0.05, 0.1) is 15.9 Å². The van der Waals surface area contributed by atoms with E-state index >= 15 is 0 Å². The van der Waals surface area contributed by atoms with Crippen molar-refractivity contribution >= 4 is 32.7 Å². The topological polar surface area (TPSA) is 142 Å². The standard InChI is InChI=1S/C19H20N4O6S/c24-18(22-29-17-3-1-2-10-28-17)12-4-6-13(7-5-12)23-30(26,27)14-8-9-15-16(11-14)21-19(25)20-15/h4-9,11,17,23H,1-3,10H2,(H,22,24)(H2,20,21,25). The van der Waals surface area contributed by atoms with Crippen molar-refractivity contribution in [2.45, 2.75) is 30.4 Å². The maximum Gasteiger partial charge on any atom is 0.323 e. The van der Waals surface area contributed by atoms with Crippen molar-refractivity contribution in [3.63, 3.8) is 0 Å². The maximum atomic E-state index is 12.6. The Bertz CT molecular complexity index is 1210. The first-order chi connectivity index (χ1) is 14.4. The van der Waals surface area contributed by atoms with Gasteiger partial charge >= 0.3 is 5.69 Å². The second-order valence-electron chi connectivity index (χ2n) is 6.81.